The third-order valence-electron chi connectivity index (χ3n) is 4.94. The van der Waals surface area contributed by atoms with Gasteiger partial charge in [0.15, 0.2) is 0 Å². The molecule has 2 fully saturated rings. The number of aromatic amines is 1. The summed E-state index contributed by atoms with van der Waals surface area (Å²) >= 11 is 5.67. The van der Waals surface area contributed by atoms with Crippen LogP contribution in [0.3, 0.4) is 0 Å². The van der Waals surface area contributed by atoms with Gasteiger partial charge < -0.3 is 4.90 Å². The van der Waals surface area contributed by atoms with Crippen molar-refractivity contribution in [1.29, 1.82) is 0 Å². The Balaban J connectivity index is 1.41. The van der Waals surface area contributed by atoms with Crippen molar-refractivity contribution >= 4 is 35.1 Å². The Morgan fingerprint density at radius 1 is 1.38 bits per heavy atom. The third kappa shape index (κ3) is 3.16. The topological polar surface area (TPSA) is 91.0 Å². The van der Waals surface area contributed by atoms with Crippen molar-refractivity contribution in [3.8, 4) is 0 Å². The number of carbonyl (C=O) groups excluding carboxylic acids is 2. The van der Waals surface area contributed by atoms with Crippen LogP contribution in [0.5, 0.6) is 0 Å². The van der Waals surface area contributed by atoms with Crippen molar-refractivity contribution in [1.82, 2.24) is 15.2 Å². The molecule has 1 aliphatic carbocycles. The normalized spacial score (nSPS) is 20.3. The fraction of sp³-hybridized carbons (Fsp3) is 0.412. The number of hydrogen-bond acceptors (Lipinski definition) is 4. The molecule has 2 aromatic rings. The van der Waals surface area contributed by atoms with Crippen molar-refractivity contribution < 1.29 is 14.0 Å². The maximum atomic E-state index is 13.6. The largest absolute Gasteiger partial charge is 0.311 e. The minimum Gasteiger partial charge on any atom is -0.311 e. The molecule has 1 aromatic heterocycles. The van der Waals surface area contributed by atoms with Crippen molar-refractivity contribution in [2.45, 2.75) is 31.6 Å². The lowest BCUT2D eigenvalue weighted by Gasteiger charge is -2.22. The molecule has 9 heteroatoms. The van der Waals surface area contributed by atoms with E-state index in [2.05, 4.69) is 20.5 Å². The number of rotatable bonds is 4. The zero-order valence-corrected chi connectivity index (χ0v) is 14.6. The summed E-state index contributed by atoms with van der Waals surface area (Å²) in [5, 5.41) is 9.51. The number of hydrogen-bond donors (Lipinski definition) is 2. The Morgan fingerprint density at radius 3 is 2.88 bits per heavy atom. The fourth-order valence-electron chi connectivity index (χ4n) is 3.19. The van der Waals surface area contributed by atoms with Crippen LogP contribution in [-0.4, -0.2) is 33.5 Å². The van der Waals surface area contributed by atoms with E-state index < -0.39 is 11.7 Å². The Morgan fingerprint density at radius 2 is 2.19 bits per heavy atom. The number of anilines is 2. The molecule has 2 heterocycles. The lowest BCUT2D eigenvalue weighted by Crippen LogP contribution is -2.28. The van der Waals surface area contributed by atoms with Gasteiger partial charge in [-0.15, -0.1) is 5.10 Å². The quantitative estimate of drug-likeness (QED) is 0.857. The van der Waals surface area contributed by atoms with E-state index in [0.29, 0.717) is 11.6 Å². The van der Waals surface area contributed by atoms with E-state index in [1.165, 1.54) is 23.5 Å². The molecule has 1 aliphatic heterocycles. The number of carbonyl (C=O) groups is 2. The highest BCUT2D eigenvalue weighted by Gasteiger charge is 2.36. The van der Waals surface area contributed by atoms with Crippen LogP contribution < -0.4 is 10.2 Å². The summed E-state index contributed by atoms with van der Waals surface area (Å²) < 4.78 is 13.6. The Labute approximate surface area is 153 Å². The number of aromatic nitrogens is 3. The number of nitrogens with zero attached hydrogens (tertiary/aromatic N) is 3. The van der Waals surface area contributed by atoms with Crippen LogP contribution in [0.25, 0.3) is 0 Å². The number of amides is 2. The van der Waals surface area contributed by atoms with Crippen LogP contribution in [0.4, 0.5) is 16.0 Å². The SMILES string of the molecule is O=C(Nc1n[nH]c(C2CCC2)n1)C1CC(=O)N(c2ccc(Cl)c(F)c2)C1. The molecule has 1 aromatic carbocycles. The van der Waals surface area contributed by atoms with E-state index in [9.17, 15) is 14.0 Å². The first-order valence-corrected chi connectivity index (χ1v) is 8.87. The number of nitrogens with one attached hydrogen (secondary N) is 2. The highest BCUT2D eigenvalue weighted by atomic mass is 35.5. The van der Waals surface area contributed by atoms with Gasteiger partial charge in [0.1, 0.15) is 11.6 Å². The smallest absolute Gasteiger partial charge is 0.248 e. The van der Waals surface area contributed by atoms with Gasteiger partial charge in [0.25, 0.3) is 0 Å². The number of halogens is 2. The van der Waals surface area contributed by atoms with Crippen LogP contribution in [-0.2, 0) is 9.59 Å². The molecule has 1 unspecified atom stereocenters. The zero-order valence-electron chi connectivity index (χ0n) is 13.8. The molecular weight excluding hydrogens is 361 g/mol. The summed E-state index contributed by atoms with van der Waals surface area (Å²) in [5.74, 6) is -0.323. The number of benzene rings is 1. The van der Waals surface area contributed by atoms with Crippen molar-refractivity contribution in [3.63, 3.8) is 0 Å². The highest BCUT2D eigenvalue weighted by Crippen LogP contribution is 2.34. The van der Waals surface area contributed by atoms with Crippen LogP contribution >= 0.6 is 11.6 Å². The second kappa shape index (κ2) is 6.68. The van der Waals surface area contributed by atoms with Gasteiger partial charge in [-0.3, -0.25) is 20.0 Å². The van der Waals surface area contributed by atoms with Crippen LogP contribution in [0.15, 0.2) is 18.2 Å². The van der Waals surface area contributed by atoms with Gasteiger partial charge in [0.2, 0.25) is 17.8 Å². The second-order valence-electron chi connectivity index (χ2n) is 6.67. The van der Waals surface area contributed by atoms with Crippen molar-refractivity contribution in [2.75, 3.05) is 16.8 Å². The van der Waals surface area contributed by atoms with E-state index in [4.69, 9.17) is 11.6 Å². The minimum absolute atomic E-state index is 0.0124. The summed E-state index contributed by atoms with van der Waals surface area (Å²) in [6.45, 7) is 0.172. The predicted molar refractivity (Wildman–Crippen MR) is 93.5 cm³/mol. The molecule has 2 N–H and O–H groups in total. The molecule has 1 saturated carbocycles. The molecule has 2 amide bonds. The Kier molecular flexibility index (Phi) is 4.36. The average molecular weight is 378 g/mol. The Hall–Kier alpha value is -2.48. The first-order chi connectivity index (χ1) is 12.5. The summed E-state index contributed by atoms with van der Waals surface area (Å²) in [4.78, 5) is 30.4. The molecule has 26 heavy (non-hydrogen) atoms. The van der Waals surface area contributed by atoms with E-state index in [1.807, 2.05) is 0 Å². The molecule has 0 bridgehead atoms. The van der Waals surface area contributed by atoms with Crippen LogP contribution in [0.2, 0.25) is 5.02 Å². The van der Waals surface area contributed by atoms with Crippen molar-refractivity contribution in [2.24, 2.45) is 5.92 Å². The van der Waals surface area contributed by atoms with Gasteiger partial charge >= 0.3 is 0 Å². The average Bonchev–Trinajstić information content (AvgIpc) is 3.15. The van der Waals surface area contributed by atoms with E-state index in [-0.39, 0.29) is 35.8 Å². The summed E-state index contributed by atoms with van der Waals surface area (Å²) in [5.41, 5.74) is 0.386. The lowest BCUT2D eigenvalue weighted by molar-refractivity contribution is -0.122. The van der Waals surface area contributed by atoms with Gasteiger partial charge in [0, 0.05) is 24.6 Å². The van der Waals surface area contributed by atoms with Gasteiger partial charge in [0.05, 0.1) is 10.9 Å². The molecule has 136 valence electrons. The van der Waals surface area contributed by atoms with E-state index >= 15 is 0 Å². The fourth-order valence-corrected chi connectivity index (χ4v) is 3.31. The maximum Gasteiger partial charge on any atom is 0.248 e. The van der Waals surface area contributed by atoms with Gasteiger partial charge in [-0.25, -0.2) is 4.39 Å². The number of H-pyrrole nitrogens is 1. The molecule has 7 nitrogen and oxygen atoms in total. The summed E-state index contributed by atoms with van der Waals surface area (Å²) in [6.07, 6.45) is 3.38. The van der Waals surface area contributed by atoms with E-state index in [1.54, 1.807) is 6.07 Å². The highest BCUT2D eigenvalue weighted by molar-refractivity contribution is 6.30. The van der Waals surface area contributed by atoms with Gasteiger partial charge in [-0.2, -0.15) is 4.98 Å². The lowest BCUT2D eigenvalue weighted by atomic mass is 9.85. The first kappa shape index (κ1) is 17.0. The molecule has 2 aliphatic rings. The second-order valence-corrected chi connectivity index (χ2v) is 7.07. The monoisotopic (exact) mass is 377 g/mol. The Bertz CT molecular complexity index is 867. The molecule has 0 spiro atoms. The molecule has 1 saturated heterocycles. The molecule has 1 atom stereocenters. The van der Waals surface area contributed by atoms with Crippen LogP contribution in [0.1, 0.15) is 37.4 Å². The van der Waals surface area contributed by atoms with E-state index in [0.717, 1.165) is 18.7 Å². The summed E-state index contributed by atoms with van der Waals surface area (Å²) in [7, 11) is 0. The third-order valence-corrected chi connectivity index (χ3v) is 5.25. The first-order valence-electron chi connectivity index (χ1n) is 8.50. The van der Waals surface area contributed by atoms with Gasteiger partial charge in [-0.05, 0) is 31.0 Å². The van der Waals surface area contributed by atoms with Crippen molar-refractivity contribution in [3.05, 3.63) is 34.9 Å². The zero-order chi connectivity index (χ0) is 18.3. The predicted octanol–water partition coefficient (Wildman–Crippen LogP) is 2.86. The van der Waals surface area contributed by atoms with Crippen LogP contribution in [0, 0.1) is 11.7 Å². The maximum absolute atomic E-state index is 13.6. The standard InChI is InChI=1S/C17H17ClFN5O2/c18-12-5-4-11(7-13(12)19)24-8-10(6-14(24)25)16(26)21-17-20-15(22-23-17)9-2-1-3-9/h4-5,7,9-10H,1-3,6,8H2,(H2,20,21,22,23,26). The van der Waals surface area contributed by atoms with Gasteiger partial charge in [-0.1, -0.05) is 18.0 Å². The summed E-state index contributed by atoms with van der Waals surface area (Å²) in [6, 6.07) is 4.15. The molecule has 4 rings (SSSR count). The molecular formula is C17H17ClFN5O2. The minimum atomic E-state index is -0.603. The molecule has 0 radical (unpaired) electrons.